The SMILES string of the molecule is CCN1CCC(C(=O)O)(c2ccccc2)CC1C1(c2ccc(Cl)c(Cl)c2)CCN(C(=O)c2cc(OC)cc(OC)c2)C1. The Hall–Kier alpha value is -3.26. The van der Waals surface area contributed by atoms with Gasteiger partial charge in [0.2, 0.25) is 0 Å². The van der Waals surface area contributed by atoms with Gasteiger partial charge in [0.25, 0.3) is 5.91 Å². The van der Waals surface area contributed by atoms with Gasteiger partial charge >= 0.3 is 5.97 Å². The zero-order valence-electron chi connectivity index (χ0n) is 24.1. The number of carboxylic acid groups (broad SMARTS) is 1. The number of piperidine rings is 1. The number of hydrogen-bond donors (Lipinski definition) is 1. The molecule has 3 atom stereocenters. The number of halogens is 2. The Morgan fingerprint density at radius 1 is 0.905 bits per heavy atom. The molecule has 3 aromatic carbocycles. The predicted octanol–water partition coefficient (Wildman–Crippen LogP) is 6.30. The molecule has 0 radical (unpaired) electrons. The van der Waals surface area contributed by atoms with E-state index in [2.05, 4.69) is 11.8 Å². The number of hydrogen-bond acceptors (Lipinski definition) is 5. The van der Waals surface area contributed by atoms with Gasteiger partial charge in [-0.1, -0.05) is 66.5 Å². The van der Waals surface area contributed by atoms with Crippen molar-refractivity contribution < 1.29 is 24.2 Å². The van der Waals surface area contributed by atoms with Crippen molar-refractivity contribution in [3.05, 3.63) is 93.5 Å². The Balaban J connectivity index is 1.60. The highest BCUT2D eigenvalue weighted by Gasteiger charge is 2.56. The van der Waals surface area contributed by atoms with Crippen molar-refractivity contribution in [3.8, 4) is 11.5 Å². The van der Waals surface area contributed by atoms with Gasteiger partial charge in [-0.15, -0.1) is 0 Å². The van der Waals surface area contributed by atoms with E-state index >= 15 is 0 Å². The second-order valence-electron chi connectivity index (χ2n) is 11.2. The van der Waals surface area contributed by atoms with E-state index in [1.165, 1.54) is 0 Å². The van der Waals surface area contributed by atoms with Crippen LogP contribution < -0.4 is 9.47 Å². The number of rotatable bonds is 8. The summed E-state index contributed by atoms with van der Waals surface area (Å²) in [5, 5.41) is 11.6. The van der Waals surface area contributed by atoms with Crippen LogP contribution in [0, 0.1) is 0 Å². The quantitative estimate of drug-likeness (QED) is 0.322. The van der Waals surface area contributed by atoms with Crippen LogP contribution in [-0.2, 0) is 15.6 Å². The molecule has 2 aliphatic heterocycles. The van der Waals surface area contributed by atoms with Gasteiger partial charge in [-0.05, 0) is 67.7 Å². The maximum absolute atomic E-state index is 14.0. The first-order chi connectivity index (χ1) is 20.2. The van der Waals surface area contributed by atoms with Gasteiger partial charge in [-0.25, -0.2) is 0 Å². The van der Waals surface area contributed by atoms with Crippen LogP contribution in [0.2, 0.25) is 10.0 Å². The summed E-state index contributed by atoms with van der Waals surface area (Å²) in [5.74, 6) is 0.103. The van der Waals surface area contributed by atoms with Crippen molar-refractivity contribution in [2.75, 3.05) is 40.4 Å². The van der Waals surface area contributed by atoms with Gasteiger partial charge in [0, 0.05) is 36.2 Å². The standard InChI is InChI=1S/C33H36Cl2N2O5/c1-4-36-14-12-32(31(39)40,23-8-6-5-7-9-23)20-29(36)33(24-10-11-27(34)28(35)18-24)13-15-37(21-33)30(38)22-16-25(41-2)19-26(17-22)42-3/h5-11,16-19,29H,4,12-15,20-21H2,1-3H3,(H,39,40). The third-order valence-electron chi connectivity index (χ3n) is 9.27. The second-order valence-corrected chi connectivity index (χ2v) is 12.0. The molecule has 1 N–H and O–H groups in total. The van der Waals surface area contributed by atoms with Gasteiger partial charge in [-0.2, -0.15) is 0 Å². The van der Waals surface area contributed by atoms with Gasteiger partial charge < -0.3 is 19.5 Å². The van der Waals surface area contributed by atoms with Crippen molar-refractivity contribution in [1.29, 1.82) is 0 Å². The Morgan fingerprint density at radius 2 is 1.60 bits per heavy atom. The maximum Gasteiger partial charge on any atom is 0.314 e. The van der Waals surface area contributed by atoms with Crippen LogP contribution in [0.3, 0.4) is 0 Å². The molecule has 0 saturated carbocycles. The molecule has 3 aromatic rings. The zero-order valence-corrected chi connectivity index (χ0v) is 25.6. The van der Waals surface area contributed by atoms with Crippen LogP contribution >= 0.6 is 23.2 Å². The summed E-state index contributed by atoms with van der Waals surface area (Å²) in [6.07, 6.45) is 1.54. The number of nitrogens with zero attached hydrogens (tertiary/aromatic N) is 2. The number of likely N-dealkylation sites (N-methyl/N-ethyl adjacent to an activating group) is 1. The average molecular weight is 612 g/mol. The first kappa shape index (κ1) is 30.2. The molecule has 5 rings (SSSR count). The molecule has 2 aliphatic rings. The van der Waals surface area contributed by atoms with E-state index in [4.69, 9.17) is 32.7 Å². The van der Waals surface area contributed by atoms with Crippen molar-refractivity contribution in [2.45, 2.75) is 43.1 Å². The summed E-state index contributed by atoms with van der Waals surface area (Å²) in [4.78, 5) is 31.3. The summed E-state index contributed by atoms with van der Waals surface area (Å²) < 4.78 is 10.8. The Morgan fingerprint density at radius 3 is 2.19 bits per heavy atom. The van der Waals surface area contributed by atoms with E-state index in [0.717, 1.165) is 17.7 Å². The minimum Gasteiger partial charge on any atom is -0.497 e. The molecule has 2 fully saturated rings. The van der Waals surface area contributed by atoms with Gasteiger partial charge in [0.05, 0.1) is 29.7 Å². The molecule has 2 saturated heterocycles. The molecule has 2 heterocycles. The van der Waals surface area contributed by atoms with Crippen LogP contribution in [0.5, 0.6) is 11.5 Å². The molecule has 0 spiro atoms. The molecular formula is C33H36Cl2N2O5. The highest BCUT2D eigenvalue weighted by atomic mass is 35.5. The molecule has 3 unspecified atom stereocenters. The van der Waals surface area contributed by atoms with Gasteiger partial charge in [0.15, 0.2) is 0 Å². The van der Waals surface area contributed by atoms with Crippen LogP contribution in [0.1, 0.15) is 47.7 Å². The molecule has 0 aromatic heterocycles. The van der Waals surface area contributed by atoms with E-state index in [0.29, 0.717) is 66.0 Å². The average Bonchev–Trinajstić information content (AvgIpc) is 3.48. The van der Waals surface area contributed by atoms with Crippen LogP contribution in [-0.4, -0.2) is 73.2 Å². The Bertz CT molecular complexity index is 1450. The van der Waals surface area contributed by atoms with Crippen molar-refractivity contribution >= 4 is 35.1 Å². The summed E-state index contributed by atoms with van der Waals surface area (Å²) in [5.41, 5.74) is 0.582. The van der Waals surface area contributed by atoms with Crippen LogP contribution in [0.25, 0.3) is 0 Å². The second kappa shape index (κ2) is 12.2. The lowest BCUT2D eigenvalue weighted by molar-refractivity contribution is -0.147. The predicted molar refractivity (Wildman–Crippen MR) is 164 cm³/mol. The summed E-state index contributed by atoms with van der Waals surface area (Å²) in [7, 11) is 3.11. The maximum atomic E-state index is 14.0. The van der Waals surface area contributed by atoms with Crippen LogP contribution in [0.4, 0.5) is 0 Å². The molecule has 0 bridgehead atoms. The van der Waals surface area contributed by atoms with Crippen LogP contribution in [0.15, 0.2) is 66.7 Å². The number of carbonyl (C=O) groups excluding carboxylic acids is 1. The fraction of sp³-hybridized carbons (Fsp3) is 0.394. The van der Waals surface area contributed by atoms with E-state index in [-0.39, 0.29) is 11.9 Å². The summed E-state index contributed by atoms with van der Waals surface area (Å²) >= 11 is 12.9. The molecule has 42 heavy (non-hydrogen) atoms. The lowest BCUT2D eigenvalue weighted by Gasteiger charge is -2.52. The minimum atomic E-state index is -1.06. The van der Waals surface area contributed by atoms with E-state index in [1.54, 1.807) is 38.5 Å². The number of methoxy groups -OCH3 is 2. The van der Waals surface area contributed by atoms with Crippen molar-refractivity contribution in [3.63, 3.8) is 0 Å². The Kier molecular flexibility index (Phi) is 8.74. The lowest BCUT2D eigenvalue weighted by atomic mass is 9.62. The van der Waals surface area contributed by atoms with Gasteiger partial charge in [-0.3, -0.25) is 14.5 Å². The third-order valence-corrected chi connectivity index (χ3v) is 10.0. The highest BCUT2D eigenvalue weighted by molar-refractivity contribution is 6.42. The summed E-state index contributed by atoms with van der Waals surface area (Å²) in [6, 6.07) is 20.2. The topological polar surface area (TPSA) is 79.3 Å². The molecule has 9 heteroatoms. The van der Waals surface area contributed by atoms with E-state index < -0.39 is 16.8 Å². The lowest BCUT2D eigenvalue weighted by Crippen LogP contribution is -2.60. The fourth-order valence-corrected chi connectivity index (χ4v) is 7.24. The molecule has 0 aliphatic carbocycles. The zero-order chi connectivity index (χ0) is 30.1. The highest BCUT2D eigenvalue weighted by Crippen LogP contribution is 2.49. The first-order valence-corrected chi connectivity index (χ1v) is 14.9. The van der Waals surface area contributed by atoms with Crippen molar-refractivity contribution in [2.24, 2.45) is 0 Å². The first-order valence-electron chi connectivity index (χ1n) is 14.2. The molecule has 222 valence electrons. The fourth-order valence-electron chi connectivity index (χ4n) is 6.94. The number of carbonyl (C=O) groups is 2. The third kappa shape index (κ3) is 5.34. The molecular weight excluding hydrogens is 575 g/mol. The van der Waals surface area contributed by atoms with Crippen molar-refractivity contribution in [1.82, 2.24) is 9.80 Å². The number of aliphatic carboxylic acids is 1. The molecule has 1 amide bonds. The number of benzene rings is 3. The number of carboxylic acids is 1. The normalized spacial score (nSPS) is 24.4. The number of likely N-dealkylation sites (tertiary alicyclic amines) is 2. The smallest absolute Gasteiger partial charge is 0.314 e. The number of ether oxygens (including phenoxy) is 2. The van der Waals surface area contributed by atoms with Gasteiger partial charge in [0.1, 0.15) is 11.5 Å². The molecule has 7 nitrogen and oxygen atoms in total. The Labute approximate surface area is 256 Å². The monoisotopic (exact) mass is 610 g/mol. The largest absolute Gasteiger partial charge is 0.497 e. The van der Waals surface area contributed by atoms with E-state index in [1.807, 2.05) is 47.4 Å². The van der Waals surface area contributed by atoms with E-state index in [9.17, 15) is 14.7 Å². The summed E-state index contributed by atoms with van der Waals surface area (Å²) in [6.45, 7) is 4.37. The number of amides is 1. The minimum absolute atomic E-state index is 0.138.